The molecule has 2 N–H and O–H groups in total. The lowest BCUT2D eigenvalue weighted by atomic mass is 10.1. The lowest BCUT2D eigenvalue weighted by Crippen LogP contribution is -1.85. The highest BCUT2D eigenvalue weighted by atomic mass is 14.4. The van der Waals surface area contributed by atoms with E-state index in [0.29, 0.717) is 0 Å². The van der Waals surface area contributed by atoms with Gasteiger partial charge in [0.05, 0.1) is 0 Å². The fourth-order valence-electron chi connectivity index (χ4n) is 1.43. The zero-order valence-electron chi connectivity index (χ0n) is 9.06. The van der Waals surface area contributed by atoms with E-state index < -0.39 is 0 Å². The third kappa shape index (κ3) is 3.96. The molecule has 78 valence electrons. The molecule has 0 atom stereocenters. The van der Waals surface area contributed by atoms with Crippen LogP contribution in [0.5, 0.6) is 0 Å². The summed E-state index contributed by atoms with van der Waals surface area (Å²) in [5.74, 6) is 0. The molecule has 0 saturated carbocycles. The molecule has 2 rings (SSSR count). The van der Waals surface area contributed by atoms with Gasteiger partial charge in [-0.05, 0) is 24.6 Å². The first kappa shape index (κ1) is 11.5. The topological polar surface area (TPSA) is 26.0 Å². The molecule has 15 heavy (non-hydrogen) atoms. The van der Waals surface area contributed by atoms with E-state index in [1.54, 1.807) is 0 Å². The summed E-state index contributed by atoms with van der Waals surface area (Å²) in [5, 5.41) is 0. The van der Waals surface area contributed by atoms with Crippen molar-refractivity contribution in [1.29, 1.82) is 0 Å². The molecule has 1 heteroatoms. The lowest BCUT2D eigenvalue weighted by Gasteiger charge is -2.00. The van der Waals surface area contributed by atoms with Gasteiger partial charge in [-0.1, -0.05) is 60.7 Å². The molecule has 0 aliphatic heterocycles. The number of rotatable bonds is 2. The minimum absolute atomic E-state index is 1.03. The average Bonchev–Trinajstić information content (AvgIpc) is 2.34. The number of hydrogen-bond acceptors (Lipinski definition) is 1. The molecule has 0 unspecified atom stereocenters. The Morgan fingerprint density at radius 3 is 1.33 bits per heavy atom. The van der Waals surface area contributed by atoms with Crippen LogP contribution in [-0.2, 0) is 6.42 Å². The third-order valence-electron chi connectivity index (χ3n) is 2.09. The Balaban J connectivity index is 0.000000531. The number of benzene rings is 2. The highest BCUT2D eigenvalue weighted by Gasteiger charge is 1.92. The summed E-state index contributed by atoms with van der Waals surface area (Å²) >= 11 is 0. The normalized spacial score (nSPS) is 8.93. The Kier molecular flexibility index (Phi) is 5.20. The Bertz CT molecular complexity index is 316. The van der Waals surface area contributed by atoms with Crippen LogP contribution in [0.3, 0.4) is 0 Å². The van der Waals surface area contributed by atoms with Crippen molar-refractivity contribution >= 4 is 0 Å². The minimum atomic E-state index is 1.03. The molecule has 0 radical (unpaired) electrons. The van der Waals surface area contributed by atoms with Crippen LogP contribution in [-0.4, -0.2) is 7.05 Å². The van der Waals surface area contributed by atoms with E-state index in [4.69, 9.17) is 0 Å². The first-order valence-corrected chi connectivity index (χ1v) is 5.11. The van der Waals surface area contributed by atoms with Crippen molar-refractivity contribution in [2.45, 2.75) is 6.42 Å². The molecule has 0 aliphatic carbocycles. The smallest absolute Gasteiger partial charge is 0.00258 e. The zero-order chi connectivity index (χ0) is 10.9. The zero-order valence-corrected chi connectivity index (χ0v) is 9.06. The van der Waals surface area contributed by atoms with Crippen molar-refractivity contribution < 1.29 is 0 Å². The van der Waals surface area contributed by atoms with Gasteiger partial charge in [0.2, 0.25) is 0 Å². The largest absolute Gasteiger partial charge is 0.333 e. The van der Waals surface area contributed by atoms with Crippen LogP contribution >= 0.6 is 0 Å². The predicted molar refractivity (Wildman–Crippen MR) is 65.8 cm³/mol. The summed E-state index contributed by atoms with van der Waals surface area (Å²) in [6.07, 6.45) is 1.03. The van der Waals surface area contributed by atoms with Crippen molar-refractivity contribution in [3.63, 3.8) is 0 Å². The van der Waals surface area contributed by atoms with E-state index in [0.717, 1.165) is 6.42 Å². The number of nitrogens with two attached hydrogens (primary N) is 1. The second-order valence-corrected chi connectivity index (χ2v) is 3.15. The Labute approximate surface area is 91.6 Å². The molecule has 0 fully saturated rings. The fraction of sp³-hybridized carbons (Fsp3) is 0.143. The van der Waals surface area contributed by atoms with Crippen LogP contribution < -0.4 is 5.73 Å². The first-order valence-electron chi connectivity index (χ1n) is 5.11. The standard InChI is InChI=1S/C13H12.CH5N/c1-3-7-12(8-4-1)11-13-9-5-2-6-10-13;1-2/h1-10H,11H2;2H2,1H3. The molecular formula is C14H17N. The van der Waals surface area contributed by atoms with Gasteiger partial charge in [-0.3, -0.25) is 0 Å². The monoisotopic (exact) mass is 199 g/mol. The Hall–Kier alpha value is -1.60. The van der Waals surface area contributed by atoms with E-state index >= 15 is 0 Å². The van der Waals surface area contributed by atoms with E-state index in [9.17, 15) is 0 Å². The molecule has 0 aliphatic rings. The molecule has 2 aromatic rings. The maximum Gasteiger partial charge on any atom is -0.00258 e. The molecule has 1 nitrogen and oxygen atoms in total. The van der Waals surface area contributed by atoms with Crippen LogP contribution in [0.4, 0.5) is 0 Å². The molecule has 0 spiro atoms. The van der Waals surface area contributed by atoms with Crippen LogP contribution in [0.25, 0.3) is 0 Å². The van der Waals surface area contributed by atoms with Gasteiger partial charge in [0.15, 0.2) is 0 Å². The lowest BCUT2D eigenvalue weighted by molar-refractivity contribution is 1.19. The van der Waals surface area contributed by atoms with E-state index in [2.05, 4.69) is 66.4 Å². The Morgan fingerprint density at radius 1 is 0.667 bits per heavy atom. The summed E-state index contributed by atoms with van der Waals surface area (Å²) in [4.78, 5) is 0. The van der Waals surface area contributed by atoms with Crippen molar-refractivity contribution in [3.05, 3.63) is 71.8 Å². The van der Waals surface area contributed by atoms with Gasteiger partial charge < -0.3 is 5.73 Å². The van der Waals surface area contributed by atoms with Gasteiger partial charge in [-0.15, -0.1) is 0 Å². The van der Waals surface area contributed by atoms with Crippen LogP contribution in [0.15, 0.2) is 60.7 Å². The van der Waals surface area contributed by atoms with Crippen molar-refractivity contribution in [2.75, 3.05) is 7.05 Å². The van der Waals surface area contributed by atoms with Crippen molar-refractivity contribution in [1.82, 2.24) is 0 Å². The second kappa shape index (κ2) is 6.80. The van der Waals surface area contributed by atoms with Crippen LogP contribution in [0.1, 0.15) is 11.1 Å². The molecule has 0 heterocycles. The van der Waals surface area contributed by atoms with Crippen LogP contribution in [0, 0.1) is 0 Å². The highest BCUT2D eigenvalue weighted by molar-refractivity contribution is 5.25. The molecule has 0 amide bonds. The third-order valence-corrected chi connectivity index (χ3v) is 2.09. The number of hydrogen-bond donors (Lipinski definition) is 1. The molecule has 0 aromatic heterocycles. The van der Waals surface area contributed by atoms with Gasteiger partial charge in [-0.25, -0.2) is 0 Å². The quantitative estimate of drug-likeness (QED) is 0.790. The predicted octanol–water partition coefficient (Wildman–Crippen LogP) is 2.85. The van der Waals surface area contributed by atoms with Gasteiger partial charge in [0.1, 0.15) is 0 Å². The van der Waals surface area contributed by atoms with E-state index in [1.807, 2.05) is 0 Å². The minimum Gasteiger partial charge on any atom is -0.333 e. The SMILES string of the molecule is CN.c1ccc(Cc2ccccc2)cc1. The van der Waals surface area contributed by atoms with Gasteiger partial charge in [0.25, 0.3) is 0 Å². The molecular weight excluding hydrogens is 182 g/mol. The summed E-state index contributed by atoms with van der Waals surface area (Å²) in [5.41, 5.74) is 7.24. The molecule has 0 saturated heterocycles. The average molecular weight is 199 g/mol. The van der Waals surface area contributed by atoms with Crippen molar-refractivity contribution in [3.8, 4) is 0 Å². The molecule has 0 bridgehead atoms. The maximum atomic E-state index is 4.50. The van der Waals surface area contributed by atoms with Gasteiger partial charge >= 0.3 is 0 Å². The first-order chi connectivity index (χ1) is 7.45. The van der Waals surface area contributed by atoms with Crippen LogP contribution in [0.2, 0.25) is 0 Å². The second-order valence-electron chi connectivity index (χ2n) is 3.15. The van der Waals surface area contributed by atoms with E-state index in [-0.39, 0.29) is 0 Å². The summed E-state index contributed by atoms with van der Waals surface area (Å²) < 4.78 is 0. The summed E-state index contributed by atoms with van der Waals surface area (Å²) in [6, 6.07) is 21.1. The fourth-order valence-corrected chi connectivity index (χ4v) is 1.43. The maximum absolute atomic E-state index is 4.50. The van der Waals surface area contributed by atoms with Gasteiger partial charge in [0, 0.05) is 0 Å². The van der Waals surface area contributed by atoms with Crippen molar-refractivity contribution in [2.24, 2.45) is 5.73 Å². The summed E-state index contributed by atoms with van der Waals surface area (Å²) in [7, 11) is 1.50. The van der Waals surface area contributed by atoms with E-state index in [1.165, 1.54) is 18.2 Å². The highest BCUT2D eigenvalue weighted by Crippen LogP contribution is 2.07. The summed E-state index contributed by atoms with van der Waals surface area (Å²) in [6.45, 7) is 0. The molecule has 2 aromatic carbocycles. The van der Waals surface area contributed by atoms with Gasteiger partial charge in [-0.2, -0.15) is 0 Å². The Morgan fingerprint density at radius 2 is 1.00 bits per heavy atom.